The summed E-state index contributed by atoms with van der Waals surface area (Å²) in [5.41, 5.74) is 2.18. The van der Waals surface area contributed by atoms with E-state index < -0.39 is 0 Å². The van der Waals surface area contributed by atoms with Crippen molar-refractivity contribution in [1.29, 1.82) is 0 Å². The number of ether oxygens (including phenoxy) is 1. The van der Waals surface area contributed by atoms with Crippen molar-refractivity contribution in [3.05, 3.63) is 64.7 Å². The van der Waals surface area contributed by atoms with Crippen LogP contribution in [0, 0.1) is 0 Å². The van der Waals surface area contributed by atoms with Crippen LogP contribution in [-0.4, -0.2) is 11.2 Å². The Morgan fingerprint density at radius 3 is 2.45 bits per heavy atom. The zero-order valence-corrected chi connectivity index (χ0v) is 12.3. The fourth-order valence-electron chi connectivity index (χ4n) is 1.90. The third-order valence-corrected chi connectivity index (χ3v) is 3.50. The molecule has 0 heterocycles. The smallest absolute Gasteiger partial charge is 0.119 e. The number of rotatable bonds is 6. The average molecular weight is 291 g/mol. The minimum Gasteiger partial charge on any atom is -0.489 e. The van der Waals surface area contributed by atoms with Crippen LogP contribution in [0.4, 0.5) is 0 Å². The van der Waals surface area contributed by atoms with Crippen LogP contribution in [-0.2, 0) is 13.0 Å². The van der Waals surface area contributed by atoms with Gasteiger partial charge in [-0.25, -0.2) is 0 Å². The highest BCUT2D eigenvalue weighted by Gasteiger charge is 2.02. The van der Waals surface area contributed by atoms with E-state index in [4.69, 9.17) is 16.3 Å². The number of halogens is 1. The molecule has 2 aromatic carbocycles. The fraction of sp³-hybridized carbons (Fsp3) is 0.294. The van der Waals surface area contributed by atoms with E-state index in [2.05, 4.69) is 0 Å². The van der Waals surface area contributed by atoms with Crippen molar-refractivity contribution in [3.8, 4) is 5.75 Å². The summed E-state index contributed by atoms with van der Waals surface area (Å²) in [7, 11) is 0. The minimum absolute atomic E-state index is 0.258. The molecule has 106 valence electrons. The molecule has 1 unspecified atom stereocenters. The molecule has 2 rings (SSSR count). The van der Waals surface area contributed by atoms with E-state index in [0.29, 0.717) is 6.61 Å². The zero-order chi connectivity index (χ0) is 14.4. The zero-order valence-electron chi connectivity index (χ0n) is 11.6. The van der Waals surface area contributed by atoms with Gasteiger partial charge in [-0.1, -0.05) is 41.9 Å². The van der Waals surface area contributed by atoms with Gasteiger partial charge in [0.2, 0.25) is 0 Å². The summed E-state index contributed by atoms with van der Waals surface area (Å²) in [4.78, 5) is 0. The molecule has 0 aliphatic heterocycles. The molecule has 20 heavy (non-hydrogen) atoms. The van der Waals surface area contributed by atoms with Crippen molar-refractivity contribution in [1.82, 2.24) is 0 Å². The van der Waals surface area contributed by atoms with Gasteiger partial charge in [-0.2, -0.15) is 0 Å². The number of hydrogen-bond acceptors (Lipinski definition) is 2. The van der Waals surface area contributed by atoms with Gasteiger partial charge in [-0.15, -0.1) is 0 Å². The van der Waals surface area contributed by atoms with Crippen LogP contribution < -0.4 is 4.74 Å². The van der Waals surface area contributed by atoms with E-state index in [9.17, 15) is 5.11 Å². The first-order valence-electron chi connectivity index (χ1n) is 6.78. The van der Waals surface area contributed by atoms with Crippen molar-refractivity contribution in [2.75, 3.05) is 0 Å². The molecule has 1 N–H and O–H groups in total. The van der Waals surface area contributed by atoms with Gasteiger partial charge in [0.25, 0.3) is 0 Å². The molecule has 0 bridgehead atoms. The Hall–Kier alpha value is -1.51. The van der Waals surface area contributed by atoms with Gasteiger partial charge in [-0.3, -0.25) is 0 Å². The normalized spacial score (nSPS) is 12.2. The van der Waals surface area contributed by atoms with E-state index in [1.807, 2.05) is 48.5 Å². The van der Waals surface area contributed by atoms with Crippen LogP contribution >= 0.6 is 11.6 Å². The minimum atomic E-state index is -0.258. The summed E-state index contributed by atoms with van der Waals surface area (Å²) in [5, 5.41) is 9.99. The molecular formula is C17H19ClO2. The van der Waals surface area contributed by atoms with E-state index in [1.54, 1.807) is 6.92 Å². The van der Waals surface area contributed by atoms with Crippen molar-refractivity contribution in [2.45, 2.75) is 32.5 Å². The molecule has 0 aliphatic rings. The quantitative estimate of drug-likeness (QED) is 0.862. The highest BCUT2D eigenvalue weighted by Crippen LogP contribution is 2.19. The second-order valence-corrected chi connectivity index (χ2v) is 5.32. The SMILES string of the molecule is CC(O)CCc1ccc(OCc2ccccc2Cl)cc1. The summed E-state index contributed by atoms with van der Waals surface area (Å²) in [6.07, 6.45) is 1.40. The molecule has 2 nitrogen and oxygen atoms in total. The molecule has 0 saturated heterocycles. The largest absolute Gasteiger partial charge is 0.489 e. The summed E-state index contributed by atoms with van der Waals surface area (Å²) < 4.78 is 5.72. The average Bonchev–Trinajstić information content (AvgIpc) is 2.45. The van der Waals surface area contributed by atoms with E-state index in [-0.39, 0.29) is 6.10 Å². The Morgan fingerprint density at radius 2 is 1.80 bits per heavy atom. The Balaban J connectivity index is 1.89. The molecule has 3 heteroatoms. The Bertz CT molecular complexity index is 535. The van der Waals surface area contributed by atoms with Gasteiger partial charge in [0.05, 0.1) is 6.10 Å². The van der Waals surface area contributed by atoms with E-state index in [1.165, 1.54) is 5.56 Å². The summed E-state index contributed by atoms with van der Waals surface area (Å²) in [6.45, 7) is 2.27. The maximum Gasteiger partial charge on any atom is 0.119 e. The third-order valence-electron chi connectivity index (χ3n) is 3.13. The second-order valence-electron chi connectivity index (χ2n) is 4.91. The first-order valence-corrected chi connectivity index (χ1v) is 7.16. The summed E-state index contributed by atoms with van der Waals surface area (Å²) >= 11 is 6.08. The maximum absolute atomic E-state index is 9.27. The lowest BCUT2D eigenvalue weighted by Crippen LogP contribution is -2.01. The third kappa shape index (κ3) is 4.55. The summed E-state index contributed by atoms with van der Waals surface area (Å²) in [5.74, 6) is 0.825. The van der Waals surface area contributed by atoms with Crippen LogP contribution in [0.1, 0.15) is 24.5 Å². The number of aryl methyl sites for hydroxylation is 1. The number of hydrogen-bond donors (Lipinski definition) is 1. The topological polar surface area (TPSA) is 29.5 Å². The molecule has 1 atom stereocenters. The maximum atomic E-state index is 9.27. The van der Waals surface area contributed by atoms with E-state index in [0.717, 1.165) is 29.2 Å². The second kappa shape index (κ2) is 7.32. The lowest BCUT2D eigenvalue weighted by molar-refractivity contribution is 0.185. The Labute approximate surface area is 125 Å². The first kappa shape index (κ1) is 14.9. The van der Waals surface area contributed by atoms with Gasteiger partial charge in [-0.05, 0) is 43.5 Å². The molecule has 0 aliphatic carbocycles. The van der Waals surface area contributed by atoms with Crippen molar-refractivity contribution in [3.63, 3.8) is 0 Å². The molecule has 0 aromatic heterocycles. The molecule has 0 saturated carbocycles. The van der Waals surface area contributed by atoms with Crippen molar-refractivity contribution < 1.29 is 9.84 Å². The van der Waals surface area contributed by atoms with Crippen LogP contribution in [0.2, 0.25) is 5.02 Å². The first-order chi connectivity index (χ1) is 9.65. The van der Waals surface area contributed by atoms with Crippen LogP contribution in [0.25, 0.3) is 0 Å². The van der Waals surface area contributed by atoms with Gasteiger partial charge in [0.15, 0.2) is 0 Å². The summed E-state index contributed by atoms with van der Waals surface area (Å²) in [6, 6.07) is 15.6. The van der Waals surface area contributed by atoms with Gasteiger partial charge in [0, 0.05) is 10.6 Å². The molecule has 0 amide bonds. The monoisotopic (exact) mass is 290 g/mol. The van der Waals surface area contributed by atoms with Gasteiger partial charge < -0.3 is 9.84 Å². The predicted molar refractivity (Wildman–Crippen MR) is 82.2 cm³/mol. The number of aliphatic hydroxyl groups excluding tert-OH is 1. The molecule has 0 radical (unpaired) electrons. The van der Waals surface area contributed by atoms with Gasteiger partial charge in [0.1, 0.15) is 12.4 Å². The lowest BCUT2D eigenvalue weighted by Gasteiger charge is -2.09. The standard InChI is InChI=1S/C17H19ClO2/c1-13(19)6-7-14-8-10-16(11-9-14)20-12-15-4-2-3-5-17(15)18/h2-5,8-11,13,19H,6-7,12H2,1H3. The number of benzene rings is 2. The van der Waals surface area contributed by atoms with Crippen LogP contribution in [0.3, 0.4) is 0 Å². The molecule has 2 aromatic rings. The fourth-order valence-corrected chi connectivity index (χ4v) is 2.09. The predicted octanol–water partition coefficient (Wildman–Crippen LogP) is 4.23. The van der Waals surface area contributed by atoms with Crippen LogP contribution in [0.15, 0.2) is 48.5 Å². The Kier molecular flexibility index (Phi) is 5.45. The molecule has 0 spiro atoms. The van der Waals surface area contributed by atoms with Crippen LogP contribution in [0.5, 0.6) is 5.75 Å². The highest BCUT2D eigenvalue weighted by molar-refractivity contribution is 6.31. The number of aliphatic hydroxyl groups is 1. The Morgan fingerprint density at radius 1 is 1.10 bits per heavy atom. The molecular weight excluding hydrogens is 272 g/mol. The highest BCUT2D eigenvalue weighted by atomic mass is 35.5. The van der Waals surface area contributed by atoms with E-state index >= 15 is 0 Å². The van der Waals surface area contributed by atoms with Gasteiger partial charge >= 0.3 is 0 Å². The molecule has 0 fully saturated rings. The van der Waals surface area contributed by atoms with Crippen molar-refractivity contribution in [2.24, 2.45) is 0 Å². The lowest BCUT2D eigenvalue weighted by atomic mass is 10.1. The van der Waals surface area contributed by atoms with Crippen molar-refractivity contribution >= 4 is 11.6 Å².